The number of halogens is 1. The topological polar surface area (TPSA) is 93.8 Å². The van der Waals surface area contributed by atoms with Crippen LogP contribution in [0.5, 0.6) is 5.75 Å². The Kier molecular flexibility index (Phi) is 5.86. The number of rotatable bonds is 6. The normalized spacial score (nSPS) is 11.0. The van der Waals surface area contributed by atoms with Crippen molar-refractivity contribution in [3.05, 3.63) is 69.2 Å². The van der Waals surface area contributed by atoms with Crippen LogP contribution in [0.2, 0.25) is 5.02 Å². The zero-order chi connectivity index (χ0) is 17.5. The molecule has 0 aliphatic rings. The number of hydrogen-bond acceptors (Lipinski definition) is 5. The number of nitrogens with zero attached hydrogens (tertiary/aromatic N) is 2. The molecule has 0 spiro atoms. The lowest BCUT2D eigenvalue weighted by Gasteiger charge is -2.06. The summed E-state index contributed by atoms with van der Waals surface area (Å²) in [7, 11) is 0. The van der Waals surface area contributed by atoms with Gasteiger partial charge in [-0.25, -0.2) is 5.43 Å². The lowest BCUT2D eigenvalue weighted by atomic mass is 10.1. The van der Waals surface area contributed by atoms with Gasteiger partial charge in [-0.15, -0.1) is 0 Å². The number of ether oxygens (including phenoxy) is 1. The van der Waals surface area contributed by atoms with E-state index in [1.807, 2.05) is 0 Å². The van der Waals surface area contributed by atoms with Gasteiger partial charge in [0.2, 0.25) is 0 Å². The summed E-state index contributed by atoms with van der Waals surface area (Å²) in [4.78, 5) is 21.7. The summed E-state index contributed by atoms with van der Waals surface area (Å²) >= 11 is 5.81. The van der Waals surface area contributed by atoms with Gasteiger partial charge in [-0.3, -0.25) is 14.9 Å². The van der Waals surface area contributed by atoms with Crippen molar-refractivity contribution >= 4 is 28.9 Å². The highest BCUT2D eigenvalue weighted by atomic mass is 35.5. The van der Waals surface area contributed by atoms with Crippen LogP contribution in [0.3, 0.4) is 0 Å². The van der Waals surface area contributed by atoms with E-state index in [4.69, 9.17) is 16.3 Å². The molecule has 0 bridgehead atoms. The van der Waals surface area contributed by atoms with Crippen LogP contribution in [0.15, 0.2) is 53.6 Å². The maximum absolute atomic E-state index is 11.7. The van der Waals surface area contributed by atoms with E-state index in [-0.39, 0.29) is 12.3 Å². The van der Waals surface area contributed by atoms with Crippen molar-refractivity contribution in [3.63, 3.8) is 0 Å². The average Bonchev–Trinajstić information content (AvgIpc) is 2.58. The van der Waals surface area contributed by atoms with Crippen molar-refractivity contribution in [1.82, 2.24) is 5.43 Å². The quantitative estimate of drug-likeness (QED) is 0.493. The number of benzene rings is 2. The van der Waals surface area contributed by atoms with E-state index in [0.717, 1.165) is 5.56 Å². The van der Waals surface area contributed by atoms with Crippen molar-refractivity contribution in [2.75, 3.05) is 6.61 Å². The zero-order valence-electron chi connectivity index (χ0n) is 12.7. The van der Waals surface area contributed by atoms with Crippen LogP contribution in [0.1, 0.15) is 12.5 Å². The SMILES string of the molecule is CC(=NNC(=O)COc1ccc([N+](=O)[O-])cc1)c1ccc(Cl)cc1. The molecule has 0 radical (unpaired) electrons. The van der Waals surface area contributed by atoms with Crippen molar-refractivity contribution in [1.29, 1.82) is 0 Å². The maximum Gasteiger partial charge on any atom is 0.277 e. The molecule has 0 unspecified atom stereocenters. The van der Waals surface area contributed by atoms with Crippen LogP contribution in [0.25, 0.3) is 0 Å². The highest BCUT2D eigenvalue weighted by molar-refractivity contribution is 6.30. The first-order valence-electron chi connectivity index (χ1n) is 6.92. The lowest BCUT2D eigenvalue weighted by Crippen LogP contribution is -2.25. The third kappa shape index (κ3) is 5.06. The van der Waals surface area contributed by atoms with Crippen molar-refractivity contribution in [2.24, 2.45) is 5.10 Å². The molecular weight excluding hydrogens is 334 g/mol. The number of nitro groups is 1. The molecule has 24 heavy (non-hydrogen) atoms. The molecule has 8 heteroatoms. The van der Waals surface area contributed by atoms with Crippen molar-refractivity contribution in [3.8, 4) is 5.75 Å². The Bertz CT molecular complexity index is 758. The molecule has 0 aliphatic heterocycles. The number of carbonyl (C=O) groups excluding carboxylic acids is 1. The van der Waals surface area contributed by atoms with Crippen LogP contribution in [-0.2, 0) is 4.79 Å². The zero-order valence-corrected chi connectivity index (χ0v) is 13.5. The summed E-state index contributed by atoms with van der Waals surface area (Å²) in [5, 5.41) is 15.1. The second-order valence-corrected chi connectivity index (χ2v) is 5.22. The minimum absolute atomic E-state index is 0.0463. The number of amides is 1. The van der Waals surface area contributed by atoms with E-state index in [9.17, 15) is 14.9 Å². The molecule has 0 aromatic heterocycles. The maximum atomic E-state index is 11.7. The molecular formula is C16H14ClN3O4. The minimum Gasteiger partial charge on any atom is -0.484 e. The number of nitro benzene ring substituents is 1. The highest BCUT2D eigenvalue weighted by Crippen LogP contribution is 2.17. The molecule has 2 aromatic carbocycles. The summed E-state index contributed by atoms with van der Waals surface area (Å²) in [5.74, 6) is -0.0872. The molecule has 7 nitrogen and oxygen atoms in total. The molecule has 0 heterocycles. The lowest BCUT2D eigenvalue weighted by molar-refractivity contribution is -0.384. The van der Waals surface area contributed by atoms with Gasteiger partial charge < -0.3 is 4.74 Å². The summed E-state index contributed by atoms with van der Waals surface area (Å²) in [6.07, 6.45) is 0. The number of nitrogens with one attached hydrogen (secondary N) is 1. The Labute approximate surface area is 143 Å². The Morgan fingerprint density at radius 2 is 1.83 bits per heavy atom. The van der Waals surface area contributed by atoms with Crippen molar-refractivity contribution in [2.45, 2.75) is 6.92 Å². The molecule has 2 aromatic rings. The van der Waals surface area contributed by atoms with Gasteiger partial charge >= 0.3 is 0 Å². The summed E-state index contributed by atoms with van der Waals surface area (Å²) in [6, 6.07) is 12.5. The molecule has 1 N–H and O–H groups in total. The highest BCUT2D eigenvalue weighted by Gasteiger charge is 2.06. The standard InChI is InChI=1S/C16H14ClN3O4/c1-11(12-2-4-13(17)5-3-12)18-19-16(21)10-24-15-8-6-14(7-9-15)20(22)23/h2-9H,10H2,1H3,(H,19,21). The van der Waals surface area contributed by atoms with Gasteiger partial charge in [-0.2, -0.15) is 5.10 Å². The number of non-ortho nitro benzene ring substituents is 1. The van der Waals surface area contributed by atoms with E-state index in [0.29, 0.717) is 16.5 Å². The van der Waals surface area contributed by atoms with Gasteiger partial charge in [0, 0.05) is 17.2 Å². The second-order valence-electron chi connectivity index (χ2n) is 4.78. The minimum atomic E-state index is -0.509. The fourth-order valence-corrected chi connectivity index (χ4v) is 1.87. The number of hydrazone groups is 1. The Morgan fingerprint density at radius 3 is 2.42 bits per heavy atom. The first-order chi connectivity index (χ1) is 11.5. The summed E-state index contributed by atoms with van der Waals surface area (Å²) < 4.78 is 5.23. The van der Waals surface area contributed by atoms with Crippen LogP contribution in [0, 0.1) is 10.1 Å². The molecule has 0 aliphatic carbocycles. The van der Waals surface area contributed by atoms with E-state index >= 15 is 0 Å². The van der Waals surface area contributed by atoms with Gasteiger partial charge in [0.05, 0.1) is 10.6 Å². The largest absolute Gasteiger partial charge is 0.484 e. The molecule has 0 saturated carbocycles. The van der Waals surface area contributed by atoms with Gasteiger partial charge in [0.1, 0.15) is 5.75 Å². The fourth-order valence-electron chi connectivity index (χ4n) is 1.75. The van der Waals surface area contributed by atoms with E-state index < -0.39 is 10.8 Å². The van der Waals surface area contributed by atoms with Crippen LogP contribution >= 0.6 is 11.6 Å². The molecule has 0 saturated heterocycles. The molecule has 0 fully saturated rings. The molecule has 124 valence electrons. The molecule has 2 rings (SSSR count). The second kappa shape index (κ2) is 8.07. The van der Waals surface area contributed by atoms with Gasteiger partial charge in [0.15, 0.2) is 6.61 Å². The first kappa shape index (κ1) is 17.4. The monoisotopic (exact) mass is 347 g/mol. The Morgan fingerprint density at radius 1 is 1.21 bits per heavy atom. The van der Waals surface area contributed by atoms with Crippen LogP contribution < -0.4 is 10.2 Å². The first-order valence-corrected chi connectivity index (χ1v) is 7.30. The number of hydrogen-bond donors (Lipinski definition) is 1. The van der Waals surface area contributed by atoms with E-state index in [1.165, 1.54) is 24.3 Å². The van der Waals surface area contributed by atoms with Gasteiger partial charge in [0.25, 0.3) is 11.6 Å². The average molecular weight is 348 g/mol. The van der Waals surface area contributed by atoms with Gasteiger partial charge in [-0.1, -0.05) is 23.7 Å². The fraction of sp³-hybridized carbons (Fsp3) is 0.125. The van der Waals surface area contributed by atoms with Crippen LogP contribution in [0.4, 0.5) is 5.69 Å². The van der Waals surface area contributed by atoms with Crippen molar-refractivity contribution < 1.29 is 14.5 Å². The third-order valence-electron chi connectivity index (χ3n) is 3.03. The predicted octanol–water partition coefficient (Wildman–Crippen LogP) is 3.17. The molecule has 1 amide bonds. The van der Waals surface area contributed by atoms with Crippen LogP contribution in [-0.4, -0.2) is 23.1 Å². The predicted molar refractivity (Wildman–Crippen MR) is 90.4 cm³/mol. The Balaban J connectivity index is 1.85. The smallest absolute Gasteiger partial charge is 0.277 e. The Hall–Kier alpha value is -2.93. The summed E-state index contributed by atoms with van der Waals surface area (Å²) in [5.41, 5.74) is 3.78. The molecule has 0 atom stereocenters. The third-order valence-corrected chi connectivity index (χ3v) is 3.28. The van der Waals surface area contributed by atoms with E-state index in [2.05, 4.69) is 10.5 Å². The summed E-state index contributed by atoms with van der Waals surface area (Å²) in [6.45, 7) is 1.50. The van der Waals surface area contributed by atoms with Gasteiger partial charge in [-0.05, 0) is 36.8 Å². The van der Waals surface area contributed by atoms with E-state index in [1.54, 1.807) is 31.2 Å². The number of carbonyl (C=O) groups is 1.